The highest BCUT2D eigenvalue weighted by Crippen LogP contribution is 2.38. The molecule has 1 aromatic rings. The van der Waals surface area contributed by atoms with Crippen LogP contribution in [0.15, 0.2) is 30.3 Å². The lowest BCUT2D eigenvalue weighted by molar-refractivity contribution is -0.156. The predicted molar refractivity (Wildman–Crippen MR) is 110 cm³/mol. The monoisotopic (exact) mass is 397 g/mol. The van der Waals surface area contributed by atoms with Crippen molar-refractivity contribution < 1.29 is 14.4 Å². The van der Waals surface area contributed by atoms with Gasteiger partial charge in [0.2, 0.25) is 17.7 Å². The minimum absolute atomic E-state index is 0.00614. The van der Waals surface area contributed by atoms with E-state index in [1.165, 1.54) is 6.42 Å². The lowest BCUT2D eigenvalue weighted by atomic mass is 9.74. The summed E-state index contributed by atoms with van der Waals surface area (Å²) in [5.41, 5.74) is 0.744. The molecular formula is C23H31N3O3. The Hall–Kier alpha value is -2.37. The minimum Gasteiger partial charge on any atom is -0.340 e. The second kappa shape index (κ2) is 8.17. The zero-order valence-electron chi connectivity index (χ0n) is 17.3. The third-order valence-electron chi connectivity index (χ3n) is 6.88. The molecule has 4 rings (SSSR count). The fourth-order valence-electron chi connectivity index (χ4n) is 5.10. The molecule has 0 radical (unpaired) electrons. The summed E-state index contributed by atoms with van der Waals surface area (Å²) in [4.78, 5) is 44.4. The number of amides is 3. The van der Waals surface area contributed by atoms with E-state index in [2.05, 4.69) is 6.92 Å². The lowest BCUT2D eigenvalue weighted by Crippen LogP contribution is -2.59. The average molecular weight is 398 g/mol. The first-order valence-corrected chi connectivity index (χ1v) is 10.9. The van der Waals surface area contributed by atoms with E-state index >= 15 is 0 Å². The van der Waals surface area contributed by atoms with Gasteiger partial charge in [-0.2, -0.15) is 0 Å². The largest absolute Gasteiger partial charge is 0.340 e. The number of carbonyl (C=O) groups excluding carboxylic acids is 3. The van der Waals surface area contributed by atoms with Crippen LogP contribution in [0.1, 0.15) is 51.0 Å². The summed E-state index contributed by atoms with van der Waals surface area (Å²) in [6, 6.07) is 9.33. The molecular weight excluding hydrogens is 366 g/mol. The Morgan fingerprint density at radius 1 is 1.03 bits per heavy atom. The van der Waals surface area contributed by atoms with Crippen molar-refractivity contribution in [2.45, 2.75) is 58.0 Å². The molecule has 1 unspecified atom stereocenters. The fraction of sp³-hybridized carbons (Fsp3) is 0.609. The van der Waals surface area contributed by atoms with Gasteiger partial charge in [0.25, 0.3) is 0 Å². The van der Waals surface area contributed by atoms with Crippen LogP contribution in [0.3, 0.4) is 0 Å². The first kappa shape index (κ1) is 19.9. The smallest absolute Gasteiger partial charge is 0.246 e. The summed E-state index contributed by atoms with van der Waals surface area (Å²) < 4.78 is 0. The molecule has 2 heterocycles. The average Bonchev–Trinajstić information content (AvgIpc) is 2.96. The Balaban J connectivity index is 1.45. The maximum absolute atomic E-state index is 13.2. The van der Waals surface area contributed by atoms with Crippen LogP contribution in [0.5, 0.6) is 0 Å². The maximum atomic E-state index is 13.2. The van der Waals surface area contributed by atoms with Crippen molar-refractivity contribution in [1.29, 1.82) is 0 Å². The summed E-state index contributed by atoms with van der Waals surface area (Å²) in [6.45, 7) is 4.20. The summed E-state index contributed by atoms with van der Waals surface area (Å²) >= 11 is 0. The zero-order chi connectivity index (χ0) is 20.4. The van der Waals surface area contributed by atoms with Crippen molar-refractivity contribution in [3.05, 3.63) is 35.9 Å². The van der Waals surface area contributed by atoms with E-state index in [0.717, 1.165) is 31.2 Å². The Morgan fingerprint density at radius 3 is 2.48 bits per heavy atom. The van der Waals surface area contributed by atoms with Gasteiger partial charge in [-0.15, -0.1) is 0 Å². The number of piperazine rings is 1. The molecule has 1 aliphatic carbocycles. The van der Waals surface area contributed by atoms with Gasteiger partial charge in [-0.05, 0) is 24.8 Å². The maximum Gasteiger partial charge on any atom is 0.246 e. The number of rotatable bonds is 3. The van der Waals surface area contributed by atoms with Gasteiger partial charge >= 0.3 is 0 Å². The summed E-state index contributed by atoms with van der Waals surface area (Å²) in [7, 11) is 0. The molecule has 0 N–H and O–H groups in total. The fourth-order valence-corrected chi connectivity index (χ4v) is 5.10. The van der Waals surface area contributed by atoms with Crippen molar-refractivity contribution in [2.24, 2.45) is 5.41 Å². The third-order valence-corrected chi connectivity index (χ3v) is 6.88. The molecule has 2 saturated heterocycles. The summed E-state index contributed by atoms with van der Waals surface area (Å²) in [5, 5.41) is 0. The van der Waals surface area contributed by atoms with Gasteiger partial charge in [0.05, 0.1) is 0 Å². The minimum atomic E-state index is -0.447. The van der Waals surface area contributed by atoms with Gasteiger partial charge in [0.1, 0.15) is 12.6 Å². The van der Waals surface area contributed by atoms with Crippen LogP contribution < -0.4 is 0 Å². The predicted octanol–water partition coefficient (Wildman–Crippen LogP) is 2.43. The van der Waals surface area contributed by atoms with E-state index < -0.39 is 6.04 Å². The van der Waals surface area contributed by atoms with Gasteiger partial charge in [-0.3, -0.25) is 14.4 Å². The number of hydrogen-bond donors (Lipinski definition) is 0. The van der Waals surface area contributed by atoms with Gasteiger partial charge in [0, 0.05) is 31.6 Å². The molecule has 0 aromatic heterocycles. The van der Waals surface area contributed by atoms with Crippen molar-refractivity contribution in [3.8, 4) is 0 Å². The topological polar surface area (TPSA) is 60.9 Å². The van der Waals surface area contributed by atoms with E-state index in [1.54, 1.807) is 9.80 Å². The van der Waals surface area contributed by atoms with Gasteiger partial charge in [-0.25, -0.2) is 0 Å². The first-order valence-electron chi connectivity index (χ1n) is 10.9. The molecule has 0 spiro atoms. The Morgan fingerprint density at radius 2 is 1.76 bits per heavy atom. The van der Waals surface area contributed by atoms with Gasteiger partial charge < -0.3 is 14.7 Å². The van der Waals surface area contributed by atoms with Crippen LogP contribution in [0, 0.1) is 5.41 Å². The van der Waals surface area contributed by atoms with Crippen LogP contribution in [0.2, 0.25) is 0 Å². The van der Waals surface area contributed by atoms with Gasteiger partial charge in [-0.1, -0.05) is 56.5 Å². The van der Waals surface area contributed by atoms with E-state index in [-0.39, 0.29) is 29.7 Å². The molecule has 156 valence electrons. The van der Waals surface area contributed by atoms with E-state index in [9.17, 15) is 14.4 Å². The molecule has 6 heteroatoms. The molecule has 29 heavy (non-hydrogen) atoms. The standard InChI is InChI=1S/C23H31N3O3/c1-23(11-6-3-7-12-23)22(29)24-13-10-19-21(28)25(16-18-8-4-2-5-9-18)17-20(27)26(19)15-14-24/h2,4-5,8-9,19H,3,6-7,10-17H2,1H3. The highest BCUT2D eigenvalue weighted by molar-refractivity contribution is 5.95. The number of carbonyl (C=O) groups is 3. The van der Waals surface area contributed by atoms with E-state index in [0.29, 0.717) is 32.6 Å². The highest BCUT2D eigenvalue weighted by Gasteiger charge is 2.43. The van der Waals surface area contributed by atoms with Crippen molar-refractivity contribution in [3.63, 3.8) is 0 Å². The highest BCUT2D eigenvalue weighted by atomic mass is 16.2. The number of benzene rings is 1. The molecule has 2 aliphatic heterocycles. The zero-order valence-corrected chi connectivity index (χ0v) is 17.3. The second-order valence-electron chi connectivity index (χ2n) is 8.99. The molecule has 3 fully saturated rings. The third kappa shape index (κ3) is 4.02. The Bertz CT molecular complexity index is 773. The molecule has 1 saturated carbocycles. The first-order chi connectivity index (χ1) is 14.0. The molecule has 3 aliphatic rings. The lowest BCUT2D eigenvalue weighted by Gasteiger charge is -2.39. The SMILES string of the molecule is CC1(C(=O)N2CCC3C(=O)N(Cc4ccccc4)CC(=O)N3CC2)CCCCC1. The van der Waals surface area contributed by atoms with E-state index in [4.69, 9.17) is 0 Å². The van der Waals surface area contributed by atoms with E-state index in [1.807, 2.05) is 35.2 Å². The Kier molecular flexibility index (Phi) is 5.61. The van der Waals surface area contributed by atoms with Crippen LogP contribution in [0.25, 0.3) is 0 Å². The normalized spacial score (nSPS) is 24.9. The molecule has 1 aromatic carbocycles. The number of nitrogens with zero attached hydrogens (tertiary/aromatic N) is 3. The number of fused-ring (bicyclic) bond motifs is 1. The van der Waals surface area contributed by atoms with Crippen molar-refractivity contribution in [1.82, 2.24) is 14.7 Å². The van der Waals surface area contributed by atoms with Crippen molar-refractivity contribution in [2.75, 3.05) is 26.2 Å². The molecule has 6 nitrogen and oxygen atoms in total. The van der Waals surface area contributed by atoms with Crippen LogP contribution in [-0.2, 0) is 20.9 Å². The molecule has 0 bridgehead atoms. The van der Waals surface area contributed by atoms with Crippen molar-refractivity contribution >= 4 is 17.7 Å². The summed E-state index contributed by atoms with van der Waals surface area (Å²) in [6.07, 6.45) is 5.83. The quantitative estimate of drug-likeness (QED) is 0.787. The second-order valence-corrected chi connectivity index (χ2v) is 8.99. The Labute approximate surface area is 172 Å². The molecule has 3 amide bonds. The number of hydrogen-bond acceptors (Lipinski definition) is 3. The van der Waals surface area contributed by atoms with Gasteiger partial charge in [0.15, 0.2) is 0 Å². The van der Waals surface area contributed by atoms with Crippen LogP contribution >= 0.6 is 0 Å². The molecule has 1 atom stereocenters. The van der Waals surface area contributed by atoms with Crippen LogP contribution in [0.4, 0.5) is 0 Å². The van der Waals surface area contributed by atoms with Crippen LogP contribution in [-0.4, -0.2) is 64.6 Å². The summed E-state index contributed by atoms with van der Waals surface area (Å²) in [5.74, 6) is 0.202.